The second-order valence-electron chi connectivity index (χ2n) is 9.53. The lowest BCUT2D eigenvalue weighted by Crippen LogP contribution is -2.51. The first-order valence-corrected chi connectivity index (χ1v) is 13.9. The highest BCUT2D eigenvalue weighted by Crippen LogP contribution is 2.29. The molecule has 0 atom stereocenters. The predicted octanol–water partition coefficient (Wildman–Crippen LogP) is 4.16. The van der Waals surface area contributed by atoms with Gasteiger partial charge < -0.3 is 14.5 Å². The second-order valence-corrected chi connectivity index (χ2v) is 11.4. The van der Waals surface area contributed by atoms with E-state index in [1.807, 2.05) is 87.5 Å². The van der Waals surface area contributed by atoms with Crippen molar-refractivity contribution < 1.29 is 17.9 Å². The molecule has 1 saturated heterocycles. The Kier molecular flexibility index (Phi) is 8.19. The number of benzene rings is 3. The minimum Gasteiger partial charge on any atom is -0.495 e. The van der Waals surface area contributed by atoms with Crippen molar-refractivity contribution in [1.82, 2.24) is 9.21 Å². The quantitative estimate of drug-likeness (QED) is 0.445. The molecular formula is C29H35N3O4S. The van der Waals surface area contributed by atoms with E-state index in [-0.39, 0.29) is 23.9 Å². The number of piperazine rings is 1. The molecule has 0 bridgehead atoms. The zero-order chi connectivity index (χ0) is 26.6. The fraction of sp³-hybridized carbons (Fsp3) is 0.345. The van der Waals surface area contributed by atoms with Crippen molar-refractivity contribution in [2.45, 2.75) is 32.2 Å². The molecular weight excluding hydrogens is 486 g/mol. The van der Waals surface area contributed by atoms with Crippen LogP contribution in [0.5, 0.6) is 5.75 Å². The highest BCUT2D eigenvalue weighted by atomic mass is 32.2. The van der Waals surface area contributed by atoms with Gasteiger partial charge in [0.15, 0.2) is 0 Å². The van der Waals surface area contributed by atoms with Gasteiger partial charge in [-0.05, 0) is 49.6 Å². The Morgan fingerprint density at radius 3 is 2.11 bits per heavy atom. The zero-order valence-corrected chi connectivity index (χ0v) is 22.8. The van der Waals surface area contributed by atoms with Crippen molar-refractivity contribution in [3.63, 3.8) is 0 Å². The third-order valence-electron chi connectivity index (χ3n) is 6.77. The molecule has 1 fully saturated rings. The largest absolute Gasteiger partial charge is 0.495 e. The number of ether oxygens (including phenoxy) is 1. The van der Waals surface area contributed by atoms with Gasteiger partial charge in [0.25, 0.3) is 0 Å². The standard InChI is InChI=1S/C29H35N3O4S/c1-22-18-23(2)29(24(3)19-22)37(34,35)32(20-25-10-6-5-7-11-25)21-28(33)31-16-14-30(15-17-31)26-12-8-9-13-27(26)36-4/h5-13,18-19H,14-17,20-21H2,1-4H3. The van der Waals surface area contributed by atoms with Crippen LogP contribution in [0.25, 0.3) is 0 Å². The number of carbonyl (C=O) groups excluding carboxylic acids is 1. The van der Waals surface area contributed by atoms with Crippen LogP contribution in [0, 0.1) is 20.8 Å². The molecule has 1 amide bonds. The molecule has 1 aliphatic heterocycles. The summed E-state index contributed by atoms with van der Waals surface area (Å²) in [5.74, 6) is 0.604. The minimum absolute atomic E-state index is 0.128. The lowest BCUT2D eigenvalue weighted by Gasteiger charge is -2.37. The summed E-state index contributed by atoms with van der Waals surface area (Å²) in [4.78, 5) is 17.7. The van der Waals surface area contributed by atoms with Crippen LogP contribution in [0.3, 0.4) is 0 Å². The lowest BCUT2D eigenvalue weighted by atomic mass is 10.1. The maximum absolute atomic E-state index is 13.9. The van der Waals surface area contributed by atoms with E-state index in [0.717, 1.165) is 22.6 Å². The first kappa shape index (κ1) is 26.7. The predicted molar refractivity (Wildman–Crippen MR) is 146 cm³/mol. The molecule has 0 radical (unpaired) electrons. The van der Waals surface area contributed by atoms with Crippen molar-refractivity contribution in [1.29, 1.82) is 0 Å². The Hall–Kier alpha value is -3.36. The van der Waals surface area contributed by atoms with Crippen LogP contribution in [-0.4, -0.2) is 63.4 Å². The van der Waals surface area contributed by atoms with E-state index in [1.54, 1.807) is 12.0 Å². The van der Waals surface area contributed by atoms with Gasteiger partial charge in [0.2, 0.25) is 15.9 Å². The summed E-state index contributed by atoms with van der Waals surface area (Å²) in [7, 11) is -2.26. The van der Waals surface area contributed by atoms with Gasteiger partial charge in [-0.1, -0.05) is 60.2 Å². The summed E-state index contributed by atoms with van der Waals surface area (Å²) in [6.45, 7) is 7.81. The van der Waals surface area contributed by atoms with Gasteiger partial charge in [0, 0.05) is 32.7 Å². The van der Waals surface area contributed by atoms with Gasteiger partial charge >= 0.3 is 0 Å². The van der Waals surface area contributed by atoms with Gasteiger partial charge in [-0.2, -0.15) is 4.31 Å². The molecule has 3 aromatic carbocycles. The number of carbonyl (C=O) groups is 1. The van der Waals surface area contributed by atoms with E-state index in [9.17, 15) is 13.2 Å². The Labute approximate surface area is 220 Å². The Balaban J connectivity index is 1.55. The van der Waals surface area contributed by atoms with Gasteiger partial charge in [-0.3, -0.25) is 4.79 Å². The molecule has 196 valence electrons. The van der Waals surface area contributed by atoms with Crippen LogP contribution in [0.15, 0.2) is 71.6 Å². The smallest absolute Gasteiger partial charge is 0.244 e. The molecule has 0 unspecified atom stereocenters. The van der Waals surface area contributed by atoms with Gasteiger partial charge in [0.05, 0.1) is 24.2 Å². The molecule has 37 heavy (non-hydrogen) atoms. The maximum atomic E-state index is 13.9. The Morgan fingerprint density at radius 2 is 1.49 bits per heavy atom. The molecule has 0 N–H and O–H groups in total. The van der Waals surface area contributed by atoms with Crippen LogP contribution >= 0.6 is 0 Å². The van der Waals surface area contributed by atoms with E-state index in [0.29, 0.717) is 37.3 Å². The van der Waals surface area contributed by atoms with E-state index in [2.05, 4.69) is 4.90 Å². The fourth-order valence-electron chi connectivity index (χ4n) is 5.05. The molecule has 0 saturated carbocycles. The van der Waals surface area contributed by atoms with Crippen LogP contribution < -0.4 is 9.64 Å². The highest BCUT2D eigenvalue weighted by molar-refractivity contribution is 7.89. The molecule has 1 heterocycles. The van der Waals surface area contributed by atoms with Gasteiger partial charge in [-0.25, -0.2) is 8.42 Å². The molecule has 3 aromatic rings. The van der Waals surface area contributed by atoms with Crippen molar-refractivity contribution in [2.75, 3.05) is 44.7 Å². The van der Waals surface area contributed by atoms with Crippen molar-refractivity contribution in [3.8, 4) is 5.75 Å². The summed E-state index contributed by atoms with van der Waals surface area (Å²) in [6, 6.07) is 21.0. The number of hydrogen-bond donors (Lipinski definition) is 0. The number of para-hydroxylation sites is 2. The van der Waals surface area contributed by atoms with Gasteiger partial charge in [-0.15, -0.1) is 0 Å². The summed E-state index contributed by atoms with van der Waals surface area (Å²) in [5, 5.41) is 0. The summed E-state index contributed by atoms with van der Waals surface area (Å²) in [6.07, 6.45) is 0. The van der Waals surface area contributed by atoms with Crippen molar-refractivity contribution in [2.24, 2.45) is 0 Å². The summed E-state index contributed by atoms with van der Waals surface area (Å²) < 4.78 is 34.7. The average molecular weight is 522 g/mol. The number of methoxy groups -OCH3 is 1. The molecule has 0 aromatic heterocycles. The van der Waals surface area contributed by atoms with Crippen molar-refractivity contribution in [3.05, 3.63) is 89.0 Å². The number of rotatable bonds is 8. The normalized spacial score (nSPS) is 14.2. The third kappa shape index (κ3) is 5.97. The zero-order valence-electron chi connectivity index (χ0n) is 22.0. The third-order valence-corrected chi connectivity index (χ3v) is 8.87. The monoisotopic (exact) mass is 521 g/mol. The van der Waals surface area contributed by atoms with Crippen LogP contribution in [0.2, 0.25) is 0 Å². The Bertz CT molecular complexity index is 1330. The van der Waals surface area contributed by atoms with Crippen molar-refractivity contribution >= 4 is 21.6 Å². The molecule has 7 nitrogen and oxygen atoms in total. The number of sulfonamides is 1. The van der Waals surface area contributed by atoms with E-state index >= 15 is 0 Å². The van der Waals surface area contributed by atoms with E-state index in [1.165, 1.54) is 4.31 Å². The minimum atomic E-state index is -3.91. The maximum Gasteiger partial charge on any atom is 0.244 e. The van der Waals surface area contributed by atoms with E-state index < -0.39 is 10.0 Å². The van der Waals surface area contributed by atoms with Crippen LogP contribution in [-0.2, 0) is 21.4 Å². The number of anilines is 1. The van der Waals surface area contributed by atoms with Crippen LogP contribution in [0.1, 0.15) is 22.3 Å². The molecule has 4 rings (SSSR count). The first-order valence-electron chi connectivity index (χ1n) is 12.5. The molecule has 0 aliphatic carbocycles. The number of amides is 1. The average Bonchev–Trinajstić information content (AvgIpc) is 2.88. The first-order chi connectivity index (χ1) is 17.7. The molecule has 8 heteroatoms. The number of aryl methyl sites for hydroxylation is 3. The second kappa shape index (κ2) is 11.4. The summed E-state index contributed by atoms with van der Waals surface area (Å²) in [5.41, 5.74) is 4.22. The number of nitrogens with zero attached hydrogens (tertiary/aromatic N) is 3. The topological polar surface area (TPSA) is 70.2 Å². The van der Waals surface area contributed by atoms with Crippen LogP contribution in [0.4, 0.5) is 5.69 Å². The molecule has 1 aliphatic rings. The fourth-order valence-corrected chi connectivity index (χ4v) is 6.84. The highest BCUT2D eigenvalue weighted by Gasteiger charge is 2.32. The Morgan fingerprint density at radius 1 is 0.892 bits per heavy atom. The van der Waals surface area contributed by atoms with Gasteiger partial charge in [0.1, 0.15) is 5.75 Å². The SMILES string of the molecule is COc1ccccc1N1CCN(C(=O)CN(Cc2ccccc2)S(=O)(=O)c2c(C)cc(C)cc2C)CC1. The van der Waals surface area contributed by atoms with E-state index in [4.69, 9.17) is 4.74 Å². The number of hydrogen-bond acceptors (Lipinski definition) is 5. The lowest BCUT2D eigenvalue weighted by molar-refractivity contribution is -0.131. The molecule has 0 spiro atoms. The summed E-state index contributed by atoms with van der Waals surface area (Å²) >= 11 is 0.